The predicted molar refractivity (Wildman–Crippen MR) is 111 cm³/mol. The molecule has 0 bridgehead atoms. The Labute approximate surface area is 168 Å². The summed E-state index contributed by atoms with van der Waals surface area (Å²) in [5.74, 6) is 2.55. The highest BCUT2D eigenvalue weighted by molar-refractivity contribution is 5.79. The molecular weight excluding hydrogens is 360 g/mol. The summed E-state index contributed by atoms with van der Waals surface area (Å²) in [6, 6.07) is 5.61. The first-order chi connectivity index (χ1) is 13.4. The average Bonchev–Trinajstić information content (AvgIpc) is 2.67. The lowest BCUT2D eigenvalue weighted by Crippen LogP contribution is -2.47. The molecule has 28 heavy (non-hydrogen) atoms. The number of hydrogen-bond acceptors (Lipinski definition) is 5. The van der Waals surface area contributed by atoms with Crippen molar-refractivity contribution in [2.45, 2.75) is 39.8 Å². The van der Waals surface area contributed by atoms with Gasteiger partial charge in [0.1, 0.15) is 11.5 Å². The van der Waals surface area contributed by atoms with Crippen LogP contribution in [0.4, 0.5) is 4.79 Å². The van der Waals surface area contributed by atoms with Gasteiger partial charge in [0.2, 0.25) is 0 Å². The normalized spacial score (nSPS) is 12.3. The van der Waals surface area contributed by atoms with Gasteiger partial charge in [0.15, 0.2) is 5.96 Å². The summed E-state index contributed by atoms with van der Waals surface area (Å²) >= 11 is 0. The van der Waals surface area contributed by atoms with E-state index in [1.807, 2.05) is 18.2 Å². The van der Waals surface area contributed by atoms with Crippen molar-refractivity contribution in [2.24, 2.45) is 10.9 Å². The Morgan fingerprint density at radius 1 is 1.18 bits per heavy atom. The number of methoxy groups -OCH3 is 2. The zero-order valence-electron chi connectivity index (χ0n) is 17.8. The first-order valence-electron chi connectivity index (χ1n) is 9.52. The Morgan fingerprint density at radius 2 is 1.93 bits per heavy atom. The van der Waals surface area contributed by atoms with E-state index < -0.39 is 6.09 Å². The number of carbonyl (C=O) groups excluding carboxylic acids is 1. The van der Waals surface area contributed by atoms with Crippen molar-refractivity contribution in [3.8, 4) is 11.5 Å². The van der Waals surface area contributed by atoms with Crippen LogP contribution in [0.15, 0.2) is 23.2 Å². The number of hydrogen-bond donors (Lipinski definition) is 3. The third kappa shape index (κ3) is 8.37. The molecule has 0 saturated heterocycles. The number of ether oxygens (including phenoxy) is 3. The van der Waals surface area contributed by atoms with Gasteiger partial charge in [-0.1, -0.05) is 13.8 Å². The van der Waals surface area contributed by atoms with E-state index in [0.29, 0.717) is 31.6 Å². The highest BCUT2D eigenvalue weighted by Crippen LogP contribution is 2.24. The molecule has 3 N–H and O–H groups in total. The third-order valence-corrected chi connectivity index (χ3v) is 4.03. The van der Waals surface area contributed by atoms with Crippen LogP contribution in [0.1, 0.15) is 32.8 Å². The van der Waals surface area contributed by atoms with Gasteiger partial charge in [0.05, 0.1) is 20.8 Å². The molecule has 8 heteroatoms. The standard InChI is InChI=1S/C20H34N4O4/c1-7-28-20(25)24-16(10-14(2)3)13-23-19(21-4)22-12-15-8-9-17(26-5)11-18(15)27-6/h8-9,11,14,16H,7,10,12-13H2,1-6H3,(H,24,25)(H2,21,22,23). The van der Waals surface area contributed by atoms with Crippen molar-refractivity contribution in [3.63, 3.8) is 0 Å². The molecule has 1 amide bonds. The molecule has 0 spiro atoms. The summed E-state index contributed by atoms with van der Waals surface area (Å²) in [6.45, 7) is 7.43. The highest BCUT2D eigenvalue weighted by atomic mass is 16.5. The molecule has 0 aliphatic rings. The van der Waals surface area contributed by atoms with E-state index in [1.54, 1.807) is 28.2 Å². The summed E-state index contributed by atoms with van der Waals surface area (Å²) in [5, 5.41) is 9.41. The minimum absolute atomic E-state index is 0.0619. The Balaban J connectivity index is 2.64. The van der Waals surface area contributed by atoms with E-state index in [-0.39, 0.29) is 6.04 Å². The zero-order chi connectivity index (χ0) is 20.9. The fourth-order valence-corrected chi connectivity index (χ4v) is 2.72. The van der Waals surface area contributed by atoms with Crippen LogP contribution < -0.4 is 25.4 Å². The van der Waals surface area contributed by atoms with Crippen molar-refractivity contribution < 1.29 is 19.0 Å². The maximum atomic E-state index is 11.8. The van der Waals surface area contributed by atoms with E-state index in [0.717, 1.165) is 23.5 Å². The second kappa shape index (κ2) is 12.7. The predicted octanol–water partition coefficient (Wildman–Crippen LogP) is 2.53. The Kier molecular flexibility index (Phi) is 10.6. The van der Waals surface area contributed by atoms with Crippen molar-refractivity contribution in [2.75, 3.05) is 34.4 Å². The van der Waals surface area contributed by atoms with Crippen molar-refractivity contribution in [1.29, 1.82) is 0 Å². The Morgan fingerprint density at radius 3 is 2.50 bits per heavy atom. The minimum Gasteiger partial charge on any atom is -0.497 e. The van der Waals surface area contributed by atoms with Crippen molar-refractivity contribution in [1.82, 2.24) is 16.0 Å². The topological polar surface area (TPSA) is 93.2 Å². The number of guanidine groups is 1. The SMILES string of the molecule is CCOC(=O)NC(CNC(=NC)NCc1ccc(OC)cc1OC)CC(C)C. The molecule has 0 fully saturated rings. The largest absolute Gasteiger partial charge is 0.497 e. The number of carbonyl (C=O) groups is 1. The molecule has 0 aromatic heterocycles. The first kappa shape index (κ1) is 23.4. The summed E-state index contributed by atoms with van der Waals surface area (Å²) in [4.78, 5) is 16.0. The van der Waals surface area contributed by atoms with Crippen LogP contribution in [0.25, 0.3) is 0 Å². The van der Waals surface area contributed by atoms with Gasteiger partial charge >= 0.3 is 6.09 Å². The van der Waals surface area contributed by atoms with Gasteiger partial charge in [-0.3, -0.25) is 4.99 Å². The highest BCUT2D eigenvalue weighted by Gasteiger charge is 2.15. The molecule has 8 nitrogen and oxygen atoms in total. The summed E-state index contributed by atoms with van der Waals surface area (Å²) in [7, 11) is 4.95. The van der Waals surface area contributed by atoms with Crippen LogP contribution in [0.2, 0.25) is 0 Å². The minimum atomic E-state index is -0.402. The molecule has 0 saturated carbocycles. The van der Waals surface area contributed by atoms with Crippen LogP contribution in [0.3, 0.4) is 0 Å². The molecule has 0 aliphatic heterocycles. The van der Waals surface area contributed by atoms with Crippen LogP contribution in [-0.2, 0) is 11.3 Å². The average molecular weight is 395 g/mol. The monoisotopic (exact) mass is 394 g/mol. The van der Waals surface area contributed by atoms with E-state index in [2.05, 4.69) is 34.8 Å². The van der Waals surface area contributed by atoms with Crippen LogP contribution in [0, 0.1) is 5.92 Å². The molecule has 1 unspecified atom stereocenters. The molecular formula is C20H34N4O4. The molecule has 0 radical (unpaired) electrons. The number of rotatable bonds is 10. The number of nitrogens with zero attached hydrogens (tertiary/aromatic N) is 1. The fourth-order valence-electron chi connectivity index (χ4n) is 2.72. The quantitative estimate of drug-likeness (QED) is 0.417. The summed E-state index contributed by atoms with van der Waals surface area (Å²) in [6.07, 6.45) is 0.427. The van der Waals surface area contributed by atoms with Crippen molar-refractivity contribution in [3.05, 3.63) is 23.8 Å². The third-order valence-electron chi connectivity index (χ3n) is 4.03. The maximum absolute atomic E-state index is 11.8. The first-order valence-corrected chi connectivity index (χ1v) is 9.52. The molecule has 1 atom stereocenters. The molecule has 158 valence electrons. The van der Waals surface area contributed by atoms with Gasteiger partial charge in [-0.2, -0.15) is 0 Å². The van der Waals surface area contributed by atoms with E-state index in [9.17, 15) is 4.79 Å². The number of benzene rings is 1. The van der Waals surface area contributed by atoms with Gasteiger partial charge < -0.3 is 30.2 Å². The van der Waals surface area contributed by atoms with Crippen molar-refractivity contribution >= 4 is 12.1 Å². The summed E-state index contributed by atoms with van der Waals surface area (Å²) in [5.41, 5.74) is 0.981. The van der Waals surface area contributed by atoms with Crippen LogP contribution in [0.5, 0.6) is 11.5 Å². The molecule has 0 aliphatic carbocycles. The van der Waals surface area contributed by atoms with Gasteiger partial charge in [-0.05, 0) is 31.4 Å². The number of nitrogens with one attached hydrogen (secondary N) is 3. The number of alkyl carbamates (subject to hydrolysis) is 1. The van der Waals surface area contributed by atoms with Gasteiger partial charge in [0, 0.05) is 37.8 Å². The van der Waals surface area contributed by atoms with Gasteiger partial charge in [-0.15, -0.1) is 0 Å². The summed E-state index contributed by atoms with van der Waals surface area (Å²) < 4.78 is 15.6. The lowest BCUT2D eigenvalue weighted by atomic mass is 10.0. The van der Waals surface area contributed by atoms with Gasteiger partial charge in [0.25, 0.3) is 0 Å². The molecule has 1 rings (SSSR count). The maximum Gasteiger partial charge on any atom is 0.407 e. The smallest absolute Gasteiger partial charge is 0.407 e. The van der Waals surface area contributed by atoms with E-state index in [4.69, 9.17) is 14.2 Å². The van der Waals surface area contributed by atoms with E-state index in [1.165, 1.54) is 0 Å². The Hall–Kier alpha value is -2.64. The molecule has 1 aromatic carbocycles. The fraction of sp³-hybridized carbons (Fsp3) is 0.600. The van der Waals surface area contributed by atoms with Crippen LogP contribution >= 0.6 is 0 Å². The molecule has 0 heterocycles. The zero-order valence-corrected chi connectivity index (χ0v) is 17.8. The second-order valence-electron chi connectivity index (χ2n) is 6.68. The number of aliphatic imine (C=N–C) groups is 1. The lowest BCUT2D eigenvalue weighted by Gasteiger charge is -2.22. The molecule has 1 aromatic rings. The van der Waals surface area contributed by atoms with Crippen LogP contribution in [-0.4, -0.2) is 52.5 Å². The number of amides is 1. The second-order valence-corrected chi connectivity index (χ2v) is 6.68. The van der Waals surface area contributed by atoms with E-state index >= 15 is 0 Å². The Bertz CT molecular complexity index is 635. The lowest BCUT2D eigenvalue weighted by molar-refractivity contribution is 0.146. The van der Waals surface area contributed by atoms with Gasteiger partial charge in [-0.25, -0.2) is 4.79 Å².